The van der Waals surface area contributed by atoms with E-state index < -0.39 is 0 Å². The Kier molecular flexibility index (Phi) is 3.50. The summed E-state index contributed by atoms with van der Waals surface area (Å²) in [5, 5.41) is 11.2. The van der Waals surface area contributed by atoms with E-state index in [-0.39, 0.29) is 11.7 Å². The number of hydrogen-bond acceptors (Lipinski definition) is 4. The van der Waals surface area contributed by atoms with Gasteiger partial charge in [0.1, 0.15) is 5.69 Å². The summed E-state index contributed by atoms with van der Waals surface area (Å²) in [6.07, 6.45) is 3.34. The van der Waals surface area contributed by atoms with Gasteiger partial charge in [0.15, 0.2) is 5.78 Å². The van der Waals surface area contributed by atoms with Crippen molar-refractivity contribution in [1.82, 2.24) is 15.0 Å². The minimum Gasteiger partial charge on any atom is -0.385 e. The predicted molar refractivity (Wildman–Crippen MR) is 76.9 cm³/mol. The molecule has 0 spiro atoms. The number of para-hydroxylation sites is 1. The second kappa shape index (κ2) is 5.45. The number of nitrogens with zero attached hydrogens (tertiary/aromatic N) is 3. The fourth-order valence-corrected chi connectivity index (χ4v) is 2.74. The molecule has 0 amide bonds. The van der Waals surface area contributed by atoms with Gasteiger partial charge in [0.25, 0.3) is 0 Å². The number of Topliss-reactive ketones (excluding diaryl/α,β-unsaturated/α-hetero) is 1. The highest BCUT2D eigenvalue weighted by Crippen LogP contribution is 2.33. The van der Waals surface area contributed by atoms with Crippen LogP contribution in [0, 0.1) is 0 Å². The summed E-state index contributed by atoms with van der Waals surface area (Å²) in [5.74, 6) is 0.0268. The van der Waals surface area contributed by atoms with E-state index in [1.165, 1.54) is 0 Å². The Labute approximate surface area is 118 Å². The first-order valence-corrected chi connectivity index (χ1v) is 7.06. The van der Waals surface area contributed by atoms with Crippen molar-refractivity contribution in [2.24, 2.45) is 0 Å². The highest BCUT2D eigenvalue weighted by molar-refractivity contribution is 6.00. The Hall–Kier alpha value is -2.17. The molecule has 2 heterocycles. The highest BCUT2D eigenvalue weighted by atomic mass is 16.1. The van der Waals surface area contributed by atoms with Crippen molar-refractivity contribution >= 4 is 11.5 Å². The van der Waals surface area contributed by atoms with Crippen LogP contribution >= 0.6 is 0 Å². The van der Waals surface area contributed by atoms with Gasteiger partial charge < -0.3 is 5.32 Å². The molecule has 20 heavy (non-hydrogen) atoms. The molecule has 0 fully saturated rings. The molecule has 2 aromatic rings. The second-order valence-corrected chi connectivity index (χ2v) is 5.06. The zero-order chi connectivity index (χ0) is 13.9. The van der Waals surface area contributed by atoms with Crippen molar-refractivity contribution in [1.29, 1.82) is 0 Å². The number of carbonyl (C=O) groups is 1. The fourth-order valence-electron chi connectivity index (χ4n) is 2.74. The summed E-state index contributed by atoms with van der Waals surface area (Å²) in [5.41, 5.74) is 2.76. The minimum absolute atomic E-state index is 0.0958. The summed E-state index contributed by atoms with van der Waals surface area (Å²) in [6, 6.07) is 8.02. The Balaban J connectivity index is 1.94. The summed E-state index contributed by atoms with van der Waals surface area (Å²) >= 11 is 0. The largest absolute Gasteiger partial charge is 0.385 e. The van der Waals surface area contributed by atoms with Gasteiger partial charge >= 0.3 is 0 Å². The van der Waals surface area contributed by atoms with E-state index in [0.29, 0.717) is 5.69 Å². The standard InChI is InChI=1S/C15H18N4O/c1-2-9-19-14(10-17-18-19)15(20)12-7-8-16-13-6-4-3-5-11(12)13/h3-6,10,12,16H,2,7-9H2,1H3. The maximum atomic E-state index is 12.8. The van der Waals surface area contributed by atoms with Crippen LogP contribution < -0.4 is 5.32 Å². The van der Waals surface area contributed by atoms with Crippen LogP contribution in [0.1, 0.15) is 41.7 Å². The van der Waals surface area contributed by atoms with E-state index in [4.69, 9.17) is 0 Å². The molecule has 1 atom stereocenters. The number of anilines is 1. The molecule has 0 radical (unpaired) electrons. The van der Waals surface area contributed by atoms with Crippen molar-refractivity contribution in [2.45, 2.75) is 32.2 Å². The van der Waals surface area contributed by atoms with Crippen molar-refractivity contribution in [3.8, 4) is 0 Å². The normalized spacial score (nSPS) is 17.4. The Morgan fingerprint density at radius 2 is 2.30 bits per heavy atom. The van der Waals surface area contributed by atoms with Crippen LogP contribution in [-0.2, 0) is 6.54 Å². The Bertz CT molecular complexity index is 620. The first-order chi connectivity index (χ1) is 9.81. The molecule has 1 aliphatic heterocycles. The topological polar surface area (TPSA) is 59.8 Å². The molecule has 1 aromatic carbocycles. The molecule has 0 bridgehead atoms. The third-order valence-corrected chi connectivity index (χ3v) is 3.71. The predicted octanol–water partition coefficient (Wildman–Crippen LogP) is 2.47. The highest BCUT2D eigenvalue weighted by Gasteiger charge is 2.29. The molecule has 1 aromatic heterocycles. The van der Waals surface area contributed by atoms with Crippen LogP contribution in [0.2, 0.25) is 0 Å². The quantitative estimate of drug-likeness (QED) is 0.867. The molecular weight excluding hydrogens is 252 g/mol. The lowest BCUT2D eigenvalue weighted by molar-refractivity contribution is 0.0944. The third-order valence-electron chi connectivity index (χ3n) is 3.71. The van der Waals surface area contributed by atoms with Gasteiger partial charge in [-0.25, -0.2) is 4.68 Å². The van der Waals surface area contributed by atoms with Crippen molar-refractivity contribution in [2.75, 3.05) is 11.9 Å². The van der Waals surface area contributed by atoms with Crippen LogP contribution in [0.4, 0.5) is 5.69 Å². The van der Waals surface area contributed by atoms with Gasteiger partial charge in [-0.2, -0.15) is 0 Å². The average Bonchev–Trinajstić information content (AvgIpc) is 2.94. The van der Waals surface area contributed by atoms with Crippen LogP contribution in [0.25, 0.3) is 0 Å². The van der Waals surface area contributed by atoms with E-state index >= 15 is 0 Å². The molecular formula is C15H18N4O. The molecule has 1 N–H and O–H groups in total. The summed E-state index contributed by atoms with van der Waals surface area (Å²) in [6.45, 7) is 3.62. The van der Waals surface area contributed by atoms with Crippen LogP contribution in [0.3, 0.4) is 0 Å². The monoisotopic (exact) mass is 270 g/mol. The molecule has 0 saturated heterocycles. The number of rotatable bonds is 4. The third kappa shape index (κ3) is 2.19. The first kappa shape index (κ1) is 12.8. The zero-order valence-corrected chi connectivity index (χ0v) is 11.5. The molecule has 0 saturated carbocycles. The van der Waals surface area contributed by atoms with Crippen molar-refractivity contribution in [3.63, 3.8) is 0 Å². The van der Waals surface area contributed by atoms with Gasteiger partial charge in [-0.1, -0.05) is 30.3 Å². The van der Waals surface area contributed by atoms with E-state index in [9.17, 15) is 4.79 Å². The maximum absolute atomic E-state index is 12.8. The maximum Gasteiger partial charge on any atom is 0.190 e. The molecule has 5 nitrogen and oxygen atoms in total. The molecule has 1 unspecified atom stereocenters. The molecule has 3 rings (SSSR count). The number of nitrogens with one attached hydrogen (secondary N) is 1. The number of ketones is 1. The smallest absolute Gasteiger partial charge is 0.190 e. The number of hydrogen-bond donors (Lipinski definition) is 1. The fraction of sp³-hybridized carbons (Fsp3) is 0.400. The van der Waals surface area contributed by atoms with Gasteiger partial charge in [-0.3, -0.25) is 4.79 Å². The molecule has 0 aliphatic carbocycles. The van der Waals surface area contributed by atoms with E-state index in [1.54, 1.807) is 10.9 Å². The molecule has 104 valence electrons. The lowest BCUT2D eigenvalue weighted by atomic mass is 9.86. The van der Waals surface area contributed by atoms with Crippen molar-refractivity contribution < 1.29 is 4.79 Å². The second-order valence-electron chi connectivity index (χ2n) is 5.06. The lowest BCUT2D eigenvalue weighted by Crippen LogP contribution is -2.25. The number of aryl methyl sites for hydroxylation is 1. The number of benzene rings is 1. The van der Waals surface area contributed by atoms with Gasteiger partial charge in [0.2, 0.25) is 0 Å². The Morgan fingerprint density at radius 1 is 1.45 bits per heavy atom. The zero-order valence-electron chi connectivity index (χ0n) is 11.5. The summed E-state index contributed by atoms with van der Waals surface area (Å²) in [4.78, 5) is 12.8. The molecule has 5 heteroatoms. The number of aromatic nitrogens is 3. The van der Waals surface area contributed by atoms with Gasteiger partial charge in [0.05, 0.1) is 12.1 Å². The summed E-state index contributed by atoms with van der Waals surface area (Å²) in [7, 11) is 0. The van der Waals surface area contributed by atoms with E-state index in [2.05, 4.69) is 22.6 Å². The van der Waals surface area contributed by atoms with Crippen LogP contribution in [0.15, 0.2) is 30.5 Å². The van der Waals surface area contributed by atoms with Gasteiger partial charge in [-0.05, 0) is 24.5 Å². The van der Waals surface area contributed by atoms with Crippen LogP contribution in [-0.4, -0.2) is 27.3 Å². The average molecular weight is 270 g/mol. The number of carbonyl (C=O) groups excluding carboxylic acids is 1. The van der Waals surface area contributed by atoms with Crippen molar-refractivity contribution in [3.05, 3.63) is 41.7 Å². The number of fused-ring (bicyclic) bond motifs is 1. The SMILES string of the molecule is CCCn1nncc1C(=O)C1CCNc2ccccc21. The van der Waals surface area contributed by atoms with Crippen LogP contribution in [0.5, 0.6) is 0 Å². The minimum atomic E-state index is -0.0958. The lowest BCUT2D eigenvalue weighted by Gasteiger charge is -2.25. The van der Waals surface area contributed by atoms with Gasteiger partial charge in [-0.15, -0.1) is 5.10 Å². The summed E-state index contributed by atoms with van der Waals surface area (Å²) < 4.78 is 1.72. The van der Waals surface area contributed by atoms with E-state index in [0.717, 1.165) is 37.2 Å². The Morgan fingerprint density at radius 3 is 3.15 bits per heavy atom. The first-order valence-electron chi connectivity index (χ1n) is 7.06. The van der Waals surface area contributed by atoms with E-state index in [1.807, 2.05) is 24.3 Å². The van der Waals surface area contributed by atoms with Gasteiger partial charge in [0, 0.05) is 18.8 Å². The molecule has 1 aliphatic rings.